The lowest BCUT2D eigenvalue weighted by molar-refractivity contribution is -0.116. The van der Waals surface area contributed by atoms with E-state index in [1.807, 2.05) is 32.0 Å². The first-order valence-electron chi connectivity index (χ1n) is 9.24. The molecule has 154 valence electrons. The van der Waals surface area contributed by atoms with Crippen LogP contribution >= 0.6 is 12.4 Å². The van der Waals surface area contributed by atoms with E-state index in [1.54, 1.807) is 14.2 Å². The molecule has 28 heavy (non-hydrogen) atoms. The van der Waals surface area contributed by atoms with Crippen molar-refractivity contribution in [3.8, 4) is 11.5 Å². The maximum Gasteiger partial charge on any atom is 0.225 e. The molecule has 2 rings (SSSR count). The summed E-state index contributed by atoms with van der Waals surface area (Å²) in [6.45, 7) is 7.55. The number of ether oxygens (including phenoxy) is 2. The Labute approximate surface area is 174 Å². The predicted molar refractivity (Wildman–Crippen MR) is 117 cm³/mol. The largest absolute Gasteiger partial charge is 0.493 e. The zero-order valence-corrected chi connectivity index (χ0v) is 18.2. The number of anilines is 1. The van der Waals surface area contributed by atoms with Crippen LogP contribution in [0.15, 0.2) is 30.3 Å². The number of methoxy groups -OCH3 is 2. The third-order valence-electron chi connectivity index (χ3n) is 4.51. The molecule has 0 fully saturated rings. The van der Waals surface area contributed by atoms with Crippen LogP contribution in [-0.2, 0) is 11.2 Å². The van der Waals surface area contributed by atoms with Crippen molar-refractivity contribution in [3.05, 3.63) is 52.6 Å². The Balaban J connectivity index is 0.00000392. The zero-order valence-electron chi connectivity index (χ0n) is 17.3. The number of halogens is 1. The van der Waals surface area contributed by atoms with Gasteiger partial charge in [0, 0.05) is 18.7 Å². The van der Waals surface area contributed by atoms with Crippen molar-refractivity contribution in [3.63, 3.8) is 0 Å². The zero-order chi connectivity index (χ0) is 19.8. The fourth-order valence-corrected chi connectivity index (χ4v) is 3.17. The van der Waals surface area contributed by atoms with Crippen molar-refractivity contribution < 1.29 is 14.3 Å². The SMILES string of the molecule is COc1ccc(CCNCCC(=O)Nc2c(C)cc(C)cc2C)cc1OC.Cl. The quantitative estimate of drug-likeness (QED) is 0.612. The molecule has 0 spiro atoms. The average Bonchev–Trinajstić information content (AvgIpc) is 2.64. The molecule has 0 heterocycles. The van der Waals surface area contributed by atoms with Crippen LogP contribution in [0, 0.1) is 20.8 Å². The monoisotopic (exact) mass is 406 g/mol. The molecule has 2 aromatic carbocycles. The number of amides is 1. The molecule has 0 radical (unpaired) electrons. The van der Waals surface area contributed by atoms with Gasteiger partial charge >= 0.3 is 0 Å². The van der Waals surface area contributed by atoms with E-state index >= 15 is 0 Å². The second-order valence-electron chi connectivity index (χ2n) is 6.76. The molecule has 0 saturated carbocycles. The van der Waals surface area contributed by atoms with Crippen LogP contribution in [0.3, 0.4) is 0 Å². The van der Waals surface area contributed by atoms with Gasteiger partial charge in [-0.3, -0.25) is 4.79 Å². The molecule has 0 aliphatic carbocycles. The highest BCUT2D eigenvalue weighted by atomic mass is 35.5. The van der Waals surface area contributed by atoms with Crippen LogP contribution in [0.5, 0.6) is 11.5 Å². The van der Waals surface area contributed by atoms with Crippen molar-refractivity contribution in [2.75, 3.05) is 32.6 Å². The highest BCUT2D eigenvalue weighted by Gasteiger charge is 2.08. The summed E-state index contributed by atoms with van der Waals surface area (Å²) in [4.78, 5) is 12.2. The van der Waals surface area contributed by atoms with Gasteiger partial charge in [-0.15, -0.1) is 12.4 Å². The molecule has 0 unspecified atom stereocenters. The number of benzene rings is 2. The number of carbonyl (C=O) groups excluding carboxylic acids is 1. The third kappa shape index (κ3) is 6.73. The Bertz CT molecular complexity index is 770. The van der Waals surface area contributed by atoms with Gasteiger partial charge < -0.3 is 20.1 Å². The summed E-state index contributed by atoms with van der Waals surface area (Å²) in [5.41, 5.74) is 5.50. The molecule has 0 atom stereocenters. The lowest BCUT2D eigenvalue weighted by Gasteiger charge is -2.13. The summed E-state index contributed by atoms with van der Waals surface area (Å²) < 4.78 is 10.6. The Morgan fingerprint density at radius 3 is 2.18 bits per heavy atom. The van der Waals surface area contributed by atoms with Crippen molar-refractivity contribution in [2.45, 2.75) is 33.6 Å². The maximum atomic E-state index is 12.2. The van der Waals surface area contributed by atoms with Crippen LogP contribution in [-0.4, -0.2) is 33.2 Å². The normalized spacial score (nSPS) is 10.2. The molecule has 0 aromatic heterocycles. The van der Waals surface area contributed by atoms with Crippen LogP contribution in [0.25, 0.3) is 0 Å². The number of carbonyl (C=O) groups is 1. The summed E-state index contributed by atoms with van der Waals surface area (Å²) in [6.07, 6.45) is 1.30. The van der Waals surface area contributed by atoms with Gasteiger partial charge in [0.15, 0.2) is 11.5 Å². The van der Waals surface area contributed by atoms with E-state index in [4.69, 9.17) is 9.47 Å². The van der Waals surface area contributed by atoms with Crippen molar-refractivity contribution in [2.24, 2.45) is 0 Å². The van der Waals surface area contributed by atoms with Crippen LogP contribution in [0.2, 0.25) is 0 Å². The predicted octanol–water partition coefficient (Wildman–Crippen LogP) is 4.21. The molecule has 5 nitrogen and oxygen atoms in total. The summed E-state index contributed by atoms with van der Waals surface area (Å²) in [7, 11) is 3.26. The second-order valence-corrected chi connectivity index (χ2v) is 6.76. The Kier molecular flexibility index (Phi) is 9.83. The minimum Gasteiger partial charge on any atom is -0.493 e. The van der Waals surface area contributed by atoms with Gasteiger partial charge in [-0.25, -0.2) is 0 Å². The van der Waals surface area contributed by atoms with Crippen LogP contribution in [0.1, 0.15) is 28.7 Å². The van der Waals surface area contributed by atoms with Gasteiger partial charge in [-0.1, -0.05) is 23.8 Å². The number of aryl methyl sites for hydroxylation is 3. The fourth-order valence-electron chi connectivity index (χ4n) is 3.17. The standard InChI is InChI=1S/C22H30N2O3.ClH/c1-15-12-16(2)22(17(3)13-15)24-21(25)9-11-23-10-8-18-6-7-19(26-4)20(14-18)27-5;/h6-7,12-14,23H,8-11H2,1-5H3,(H,24,25);1H. The van der Waals surface area contributed by atoms with Crippen LogP contribution in [0.4, 0.5) is 5.69 Å². The molecule has 6 heteroatoms. The minimum atomic E-state index is 0. The lowest BCUT2D eigenvalue weighted by atomic mass is 10.1. The summed E-state index contributed by atoms with van der Waals surface area (Å²) >= 11 is 0. The highest BCUT2D eigenvalue weighted by Crippen LogP contribution is 2.27. The Morgan fingerprint density at radius 1 is 0.929 bits per heavy atom. The van der Waals surface area contributed by atoms with Crippen molar-refractivity contribution in [1.29, 1.82) is 0 Å². The molecular weight excluding hydrogens is 376 g/mol. The van der Waals surface area contributed by atoms with Crippen LogP contribution < -0.4 is 20.1 Å². The van der Waals surface area contributed by atoms with E-state index in [0.29, 0.717) is 13.0 Å². The second kappa shape index (κ2) is 11.6. The van der Waals surface area contributed by atoms with Gasteiger partial charge in [-0.2, -0.15) is 0 Å². The van der Waals surface area contributed by atoms with Gasteiger partial charge in [0.1, 0.15) is 0 Å². The molecule has 0 saturated heterocycles. The number of hydrogen-bond donors (Lipinski definition) is 2. The summed E-state index contributed by atoms with van der Waals surface area (Å²) in [6, 6.07) is 10.1. The van der Waals surface area contributed by atoms with Gasteiger partial charge in [-0.05, 0) is 62.6 Å². The van der Waals surface area contributed by atoms with E-state index in [9.17, 15) is 4.79 Å². The first kappa shape index (κ1) is 23.8. The molecule has 0 aliphatic rings. The number of nitrogens with one attached hydrogen (secondary N) is 2. The van der Waals surface area contributed by atoms with Gasteiger partial charge in [0.25, 0.3) is 0 Å². The van der Waals surface area contributed by atoms with E-state index in [-0.39, 0.29) is 18.3 Å². The molecule has 2 N–H and O–H groups in total. The average molecular weight is 407 g/mol. The van der Waals surface area contributed by atoms with Gasteiger partial charge in [0.2, 0.25) is 5.91 Å². The van der Waals surface area contributed by atoms with E-state index in [2.05, 4.69) is 29.7 Å². The van der Waals surface area contributed by atoms with Gasteiger partial charge in [0.05, 0.1) is 14.2 Å². The maximum absolute atomic E-state index is 12.2. The molecule has 0 aliphatic heterocycles. The lowest BCUT2D eigenvalue weighted by Crippen LogP contribution is -2.24. The Morgan fingerprint density at radius 2 is 1.57 bits per heavy atom. The molecule has 1 amide bonds. The molecule has 0 bridgehead atoms. The third-order valence-corrected chi connectivity index (χ3v) is 4.51. The van der Waals surface area contributed by atoms with E-state index < -0.39 is 0 Å². The number of rotatable bonds is 9. The Hall–Kier alpha value is -2.24. The minimum absolute atomic E-state index is 0. The fraction of sp³-hybridized carbons (Fsp3) is 0.409. The summed E-state index contributed by atoms with van der Waals surface area (Å²) in [5, 5.41) is 6.35. The van der Waals surface area contributed by atoms with Crippen molar-refractivity contribution >= 4 is 24.0 Å². The molecular formula is C22H31ClN2O3. The highest BCUT2D eigenvalue weighted by molar-refractivity contribution is 5.92. The molecule has 2 aromatic rings. The topological polar surface area (TPSA) is 59.6 Å². The number of hydrogen-bond acceptors (Lipinski definition) is 4. The summed E-state index contributed by atoms with van der Waals surface area (Å²) in [5.74, 6) is 1.49. The first-order chi connectivity index (χ1) is 12.9. The van der Waals surface area contributed by atoms with E-state index in [0.717, 1.165) is 46.8 Å². The van der Waals surface area contributed by atoms with E-state index in [1.165, 1.54) is 5.56 Å². The van der Waals surface area contributed by atoms with Crippen molar-refractivity contribution in [1.82, 2.24) is 5.32 Å². The first-order valence-corrected chi connectivity index (χ1v) is 9.24. The smallest absolute Gasteiger partial charge is 0.225 e.